The molecule has 1 aromatic heterocycles. The number of allylic oxidation sites excluding steroid dienone is 5. The number of pyridine rings is 1. The topological polar surface area (TPSA) is 57.7 Å². The van der Waals surface area contributed by atoms with Gasteiger partial charge in [-0.25, -0.2) is 0 Å². The van der Waals surface area contributed by atoms with Crippen molar-refractivity contribution in [2.75, 3.05) is 13.2 Å². The highest BCUT2D eigenvalue weighted by molar-refractivity contribution is 5.78. The van der Waals surface area contributed by atoms with Crippen molar-refractivity contribution in [1.82, 2.24) is 4.98 Å². The average molecular weight is 504 g/mol. The van der Waals surface area contributed by atoms with Crippen LogP contribution in [0.3, 0.4) is 0 Å². The Labute approximate surface area is 221 Å². The van der Waals surface area contributed by atoms with Gasteiger partial charge in [0.2, 0.25) is 0 Å². The number of fused-ring (bicyclic) bond motifs is 5. The number of esters is 1. The van der Waals surface area contributed by atoms with Crippen LogP contribution in [-0.4, -0.2) is 36.1 Å². The molecule has 2 heterocycles. The molecule has 5 heteroatoms. The van der Waals surface area contributed by atoms with Crippen molar-refractivity contribution in [3.8, 4) is 0 Å². The molecule has 1 saturated heterocycles. The van der Waals surface area contributed by atoms with E-state index in [9.17, 15) is 4.79 Å². The molecule has 37 heavy (non-hydrogen) atoms. The van der Waals surface area contributed by atoms with Crippen LogP contribution in [0.25, 0.3) is 5.57 Å². The zero-order valence-corrected chi connectivity index (χ0v) is 23.0. The first kappa shape index (κ1) is 25.1. The molecule has 5 nitrogen and oxygen atoms in total. The second-order valence-electron chi connectivity index (χ2n) is 13.2. The standard InChI is InChI=1S/C32H41NO4/c1-29(2)35-19-30(3,20-36-29)28(34)37-23-12-14-31(4)22(17-23)8-9-24-26-11-10-25(21-7-6-16-33-18-21)32(26,5)15-13-27(24)31/h6-8,10-11,16,18,23-24,27H,9,12-15,17,19-20H2,1-5H3. The monoisotopic (exact) mass is 503 g/mol. The summed E-state index contributed by atoms with van der Waals surface area (Å²) in [6.45, 7) is 11.2. The van der Waals surface area contributed by atoms with E-state index in [2.05, 4.69) is 43.1 Å². The fourth-order valence-corrected chi connectivity index (χ4v) is 7.83. The Morgan fingerprint density at radius 1 is 1.05 bits per heavy atom. The number of aromatic nitrogens is 1. The lowest BCUT2D eigenvalue weighted by atomic mass is 9.49. The average Bonchev–Trinajstić information content (AvgIpc) is 3.24. The minimum Gasteiger partial charge on any atom is -0.461 e. The number of carbonyl (C=O) groups is 1. The maximum absolute atomic E-state index is 13.2. The second kappa shape index (κ2) is 8.64. The van der Waals surface area contributed by atoms with Crippen molar-refractivity contribution in [2.24, 2.45) is 28.1 Å². The fourth-order valence-electron chi connectivity index (χ4n) is 7.83. The molecular weight excluding hydrogens is 462 g/mol. The number of rotatable bonds is 3. The van der Waals surface area contributed by atoms with Crippen LogP contribution >= 0.6 is 0 Å². The van der Waals surface area contributed by atoms with Gasteiger partial charge in [0, 0.05) is 24.2 Å². The SMILES string of the molecule is CC1(C)OCC(C)(C(=O)OC2CCC3(C)C(=CCC4C5=CC=C(c6cccnc6)C5(C)CCC43)C2)CO1. The summed E-state index contributed by atoms with van der Waals surface area (Å²) in [4.78, 5) is 17.5. The first-order chi connectivity index (χ1) is 17.5. The predicted octanol–water partition coefficient (Wildman–Crippen LogP) is 6.66. The number of carbonyl (C=O) groups excluding carboxylic acids is 1. The van der Waals surface area contributed by atoms with Crippen LogP contribution in [0.4, 0.5) is 0 Å². The fraction of sp³-hybridized carbons (Fsp3) is 0.625. The van der Waals surface area contributed by atoms with Crippen LogP contribution in [0.5, 0.6) is 0 Å². The lowest BCUT2D eigenvalue weighted by molar-refractivity contribution is -0.282. The summed E-state index contributed by atoms with van der Waals surface area (Å²) >= 11 is 0. The molecular formula is C32H41NO4. The van der Waals surface area contributed by atoms with Gasteiger partial charge in [0.25, 0.3) is 0 Å². The quantitative estimate of drug-likeness (QED) is 0.341. The Morgan fingerprint density at radius 3 is 2.57 bits per heavy atom. The molecule has 0 N–H and O–H groups in total. The van der Waals surface area contributed by atoms with E-state index >= 15 is 0 Å². The first-order valence-electron chi connectivity index (χ1n) is 14.1. The summed E-state index contributed by atoms with van der Waals surface area (Å²) in [6.07, 6.45) is 17.4. The third-order valence-corrected chi connectivity index (χ3v) is 10.3. The Hall–Kier alpha value is -2.24. The lowest BCUT2D eigenvalue weighted by Gasteiger charge is -2.56. The Kier molecular flexibility index (Phi) is 5.85. The van der Waals surface area contributed by atoms with Crippen LogP contribution in [-0.2, 0) is 19.0 Å². The van der Waals surface area contributed by atoms with Gasteiger partial charge in [-0.15, -0.1) is 0 Å². The Balaban J connectivity index is 1.16. The number of ether oxygens (including phenoxy) is 3. The molecule has 5 unspecified atom stereocenters. The van der Waals surface area contributed by atoms with Gasteiger partial charge in [0.15, 0.2) is 5.79 Å². The summed E-state index contributed by atoms with van der Waals surface area (Å²) in [5.41, 5.74) is 5.33. The summed E-state index contributed by atoms with van der Waals surface area (Å²) in [5, 5.41) is 0. The molecule has 3 fully saturated rings. The van der Waals surface area contributed by atoms with Crippen molar-refractivity contribution in [1.29, 1.82) is 0 Å². The predicted molar refractivity (Wildman–Crippen MR) is 143 cm³/mol. The van der Waals surface area contributed by atoms with Crippen molar-refractivity contribution < 1.29 is 19.0 Å². The summed E-state index contributed by atoms with van der Waals surface area (Å²) in [5.74, 6) is 0.389. The Morgan fingerprint density at radius 2 is 1.84 bits per heavy atom. The van der Waals surface area contributed by atoms with Crippen LogP contribution in [0, 0.1) is 28.1 Å². The van der Waals surface area contributed by atoms with Gasteiger partial charge in [0.05, 0.1) is 13.2 Å². The molecule has 198 valence electrons. The van der Waals surface area contributed by atoms with Crippen LogP contribution in [0.1, 0.15) is 78.7 Å². The maximum Gasteiger partial charge on any atom is 0.316 e. The highest BCUT2D eigenvalue weighted by Gasteiger charge is 2.55. The minimum absolute atomic E-state index is 0.0615. The molecule has 5 aliphatic rings. The molecule has 0 aromatic carbocycles. The normalized spacial score (nSPS) is 37.8. The van der Waals surface area contributed by atoms with Gasteiger partial charge in [-0.2, -0.15) is 0 Å². The summed E-state index contributed by atoms with van der Waals surface area (Å²) < 4.78 is 17.7. The van der Waals surface area contributed by atoms with Crippen molar-refractivity contribution in [3.63, 3.8) is 0 Å². The smallest absolute Gasteiger partial charge is 0.316 e. The largest absolute Gasteiger partial charge is 0.461 e. The molecule has 0 radical (unpaired) electrons. The number of hydrogen-bond acceptors (Lipinski definition) is 5. The zero-order valence-electron chi connectivity index (χ0n) is 23.0. The second-order valence-corrected chi connectivity index (χ2v) is 13.2. The summed E-state index contributed by atoms with van der Waals surface area (Å²) in [7, 11) is 0. The van der Waals surface area contributed by atoms with Gasteiger partial charge in [0.1, 0.15) is 11.5 Å². The number of nitrogens with zero attached hydrogens (tertiary/aromatic N) is 1. The van der Waals surface area contributed by atoms with Gasteiger partial charge in [-0.05, 0) is 87.3 Å². The third-order valence-electron chi connectivity index (χ3n) is 10.3. The van der Waals surface area contributed by atoms with E-state index in [0.29, 0.717) is 25.0 Å². The van der Waals surface area contributed by atoms with Crippen molar-refractivity contribution in [2.45, 2.75) is 85.0 Å². The molecule has 6 rings (SSSR count). The molecule has 0 spiro atoms. The molecule has 2 saturated carbocycles. The van der Waals surface area contributed by atoms with Crippen LogP contribution < -0.4 is 0 Å². The lowest BCUT2D eigenvalue weighted by Crippen LogP contribution is -2.51. The van der Waals surface area contributed by atoms with Crippen LogP contribution in [0.15, 0.2) is 53.9 Å². The minimum atomic E-state index is -0.746. The summed E-state index contributed by atoms with van der Waals surface area (Å²) in [6, 6.07) is 4.24. The van der Waals surface area contributed by atoms with Crippen molar-refractivity contribution >= 4 is 11.5 Å². The van der Waals surface area contributed by atoms with Crippen molar-refractivity contribution in [3.05, 3.63) is 59.5 Å². The Bertz CT molecular complexity index is 1170. The number of hydrogen-bond donors (Lipinski definition) is 0. The van der Waals surface area contributed by atoms with E-state index in [1.165, 1.54) is 29.6 Å². The van der Waals surface area contributed by atoms with Gasteiger partial charge >= 0.3 is 5.97 Å². The van der Waals surface area contributed by atoms with E-state index in [0.717, 1.165) is 25.7 Å². The third kappa shape index (κ3) is 4.04. The zero-order chi connectivity index (χ0) is 26.1. The van der Waals surface area contributed by atoms with E-state index in [4.69, 9.17) is 14.2 Å². The first-order valence-corrected chi connectivity index (χ1v) is 14.1. The van der Waals surface area contributed by atoms with Gasteiger partial charge < -0.3 is 14.2 Å². The molecule has 4 aliphatic carbocycles. The molecule has 1 aliphatic heterocycles. The van der Waals surface area contributed by atoms with Gasteiger partial charge in [-0.1, -0.05) is 49.3 Å². The molecule has 5 atom stereocenters. The van der Waals surface area contributed by atoms with E-state index in [1.54, 1.807) is 5.57 Å². The van der Waals surface area contributed by atoms with Crippen LogP contribution in [0.2, 0.25) is 0 Å². The van der Waals surface area contributed by atoms with E-state index in [1.807, 2.05) is 39.2 Å². The molecule has 1 aromatic rings. The molecule has 0 bridgehead atoms. The maximum atomic E-state index is 13.2. The van der Waals surface area contributed by atoms with E-state index < -0.39 is 11.2 Å². The highest BCUT2D eigenvalue weighted by Crippen LogP contribution is 2.64. The van der Waals surface area contributed by atoms with Gasteiger partial charge in [-0.3, -0.25) is 9.78 Å². The molecule has 0 amide bonds. The highest BCUT2D eigenvalue weighted by atomic mass is 16.7. The van der Waals surface area contributed by atoms with E-state index in [-0.39, 0.29) is 22.9 Å².